The molecule has 0 radical (unpaired) electrons. The van der Waals surface area contributed by atoms with Crippen molar-refractivity contribution in [3.63, 3.8) is 0 Å². The molecule has 3 nitrogen and oxygen atoms in total. The van der Waals surface area contributed by atoms with Gasteiger partial charge in [0, 0.05) is 17.2 Å². The van der Waals surface area contributed by atoms with Gasteiger partial charge in [0.2, 0.25) is 5.95 Å². The highest BCUT2D eigenvalue weighted by atomic mass is 79.9. The van der Waals surface area contributed by atoms with Crippen LogP contribution in [-0.2, 0) is 6.54 Å². The highest BCUT2D eigenvalue weighted by Gasteiger charge is 2.08. The van der Waals surface area contributed by atoms with Crippen molar-refractivity contribution in [2.45, 2.75) is 27.3 Å². The lowest BCUT2D eigenvalue weighted by Gasteiger charge is -2.12. The summed E-state index contributed by atoms with van der Waals surface area (Å²) >= 11 is 3.59. The number of anilines is 1. The molecule has 0 bridgehead atoms. The third-order valence-electron chi connectivity index (χ3n) is 2.86. The molecule has 2 rings (SSSR count). The Balaban J connectivity index is 2.18. The molecule has 2 aromatic rings. The molecule has 0 unspecified atom stereocenters. The summed E-state index contributed by atoms with van der Waals surface area (Å²) in [5.74, 6) is 1.55. The summed E-state index contributed by atoms with van der Waals surface area (Å²) in [5.41, 5.74) is 2.30. The van der Waals surface area contributed by atoms with E-state index in [-0.39, 0.29) is 0 Å². The lowest BCUT2D eigenvalue weighted by Crippen LogP contribution is -2.13. The lowest BCUT2D eigenvalue weighted by molar-refractivity contribution is 0.676. The first-order valence-electron chi connectivity index (χ1n) is 6.57. The van der Waals surface area contributed by atoms with Crippen molar-refractivity contribution < 1.29 is 0 Å². The fourth-order valence-corrected chi connectivity index (χ4v) is 2.32. The van der Waals surface area contributed by atoms with Crippen molar-refractivity contribution in [1.82, 2.24) is 9.55 Å². The van der Waals surface area contributed by atoms with Crippen molar-refractivity contribution in [2.24, 2.45) is 5.92 Å². The maximum atomic E-state index is 4.54. The van der Waals surface area contributed by atoms with Crippen molar-refractivity contribution in [2.75, 3.05) is 11.9 Å². The first-order chi connectivity index (χ1) is 9.06. The van der Waals surface area contributed by atoms with Crippen LogP contribution < -0.4 is 5.32 Å². The quantitative estimate of drug-likeness (QED) is 0.899. The molecule has 4 heteroatoms. The molecule has 0 saturated carbocycles. The van der Waals surface area contributed by atoms with Crippen LogP contribution in [0.1, 0.15) is 25.1 Å². The Morgan fingerprint density at radius 3 is 2.74 bits per heavy atom. The summed E-state index contributed by atoms with van der Waals surface area (Å²) in [4.78, 5) is 4.54. The Morgan fingerprint density at radius 2 is 2.05 bits per heavy atom. The van der Waals surface area contributed by atoms with Crippen LogP contribution in [0, 0.1) is 12.8 Å². The molecule has 19 heavy (non-hydrogen) atoms. The van der Waals surface area contributed by atoms with Gasteiger partial charge in [0.15, 0.2) is 0 Å². The Hall–Kier alpha value is -1.29. The van der Waals surface area contributed by atoms with Gasteiger partial charge in [-0.2, -0.15) is 0 Å². The van der Waals surface area contributed by atoms with Gasteiger partial charge in [-0.1, -0.05) is 48.0 Å². The molecular formula is C15H20BrN3. The number of hydrogen-bond donors (Lipinski definition) is 1. The van der Waals surface area contributed by atoms with Gasteiger partial charge in [0.25, 0.3) is 0 Å². The number of halogens is 1. The summed E-state index contributed by atoms with van der Waals surface area (Å²) in [7, 11) is 0. The third kappa shape index (κ3) is 3.83. The van der Waals surface area contributed by atoms with Gasteiger partial charge in [-0.05, 0) is 24.5 Å². The summed E-state index contributed by atoms with van der Waals surface area (Å²) in [6.45, 7) is 8.17. The molecule has 1 heterocycles. The van der Waals surface area contributed by atoms with E-state index in [9.17, 15) is 0 Å². The number of aryl methyl sites for hydroxylation is 1. The molecule has 0 saturated heterocycles. The molecule has 0 atom stereocenters. The van der Waals surface area contributed by atoms with Crippen molar-refractivity contribution in [3.8, 4) is 0 Å². The van der Waals surface area contributed by atoms with E-state index in [1.165, 1.54) is 5.56 Å². The van der Waals surface area contributed by atoms with E-state index in [4.69, 9.17) is 0 Å². The SMILES string of the molecule is Cc1cn(Cc2ccccc2Br)c(NCC(C)C)n1. The molecule has 1 aromatic heterocycles. The predicted octanol–water partition coefficient (Wildman–Crippen LogP) is 4.07. The van der Waals surface area contributed by atoms with E-state index >= 15 is 0 Å². The Kier molecular flexibility index (Phi) is 4.64. The van der Waals surface area contributed by atoms with Gasteiger partial charge < -0.3 is 9.88 Å². The Labute approximate surface area is 123 Å². The Bertz CT molecular complexity index is 546. The molecule has 0 spiro atoms. The summed E-state index contributed by atoms with van der Waals surface area (Å²) in [6.07, 6.45) is 2.09. The van der Waals surface area contributed by atoms with Crippen LogP contribution in [0.3, 0.4) is 0 Å². The highest BCUT2D eigenvalue weighted by molar-refractivity contribution is 9.10. The van der Waals surface area contributed by atoms with Crippen molar-refractivity contribution in [1.29, 1.82) is 0 Å². The fourth-order valence-electron chi connectivity index (χ4n) is 1.91. The van der Waals surface area contributed by atoms with Crippen LogP contribution in [0.15, 0.2) is 34.9 Å². The number of benzene rings is 1. The highest BCUT2D eigenvalue weighted by Crippen LogP contribution is 2.19. The molecule has 0 aliphatic heterocycles. The fraction of sp³-hybridized carbons (Fsp3) is 0.400. The van der Waals surface area contributed by atoms with Gasteiger partial charge in [0.1, 0.15) is 0 Å². The first-order valence-corrected chi connectivity index (χ1v) is 7.36. The average molecular weight is 322 g/mol. The van der Waals surface area contributed by atoms with E-state index in [2.05, 4.69) is 69.0 Å². The summed E-state index contributed by atoms with van der Waals surface area (Å²) in [5, 5.41) is 3.41. The number of nitrogens with one attached hydrogen (secondary N) is 1. The summed E-state index contributed by atoms with van der Waals surface area (Å²) in [6, 6.07) is 8.29. The van der Waals surface area contributed by atoms with Crippen molar-refractivity contribution >= 4 is 21.9 Å². The molecule has 1 N–H and O–H groups in total. The molecular weight excluding hydrogens is 302 g/mol. The molecule has 0 fully saturated rings. The van der Waals surface area contributed by atoms with Gasteiger partial charge in [0.05, 0.1) is 12.2 Å². The number of imidazole rings is 1. The topological polar surface area (TPSA) is 29.9 Å². The van der Waals surface area contributed by atoms with E-state index in [1.807, 2.05) is 13.0 Å². The second kappa shape index (κ2) is 6.24. The molecule has 0 amide bonds. The molecule has 0 aliphatic carbocycles. The van der Waals surface area contributed by atoms with Gasteiger partial charge in [-0.15, -0.1) is 0 Å². The zero-order valence-electron chi connectivity index (χ0n) is 11.7. The van der Waals surface area contributed by atoms with E-state index < -0.39 is 0 Å². The minimum absolute atomic E-state index is 0.605. The van der Waals surface area contributed by atoms with Gasteiger partial charge in [-0.25, -0.2) is 4.98 Å². The standard InChI is InChI=1S/C15H20BrN3/c1-11(2)8-17-15-18-12(3)9-19(15)10-13-6-4-5-7-14(13)16/h4-7,9,11H,8,10H2,1-3H3,(H,17,18). The second-order valence-corrected chi connectivity index (χ2v) is 6.05. The monoisotopic (exact) mass is 321 g/mol. The third-order valence-corrected chi connectivity index (χ3v) is 3.64. The molecule has 0 aliphatic rings. The first kappa shape index (κ1) is 14.1. The molecule has 1 aromatic carbocycles. The van der Waals surface area contributed by atoms with Gasteiger partial charge in [-0.3, -0.25) is 0 Å². The van der Waals surface area contributed by atoms with Crippen LogP contribution in [-0.4, -0.2) is 16.1 Å². The van der Waals surface area contributed by atoms with Gasteiger partial charge >= 0.3 is 0 Å². The normalized spacial score (nSPS) is 11.0. The number of nitrogens with zero attached hydrogens (tertiary/aromatic N) is 2. The summed E-state index contributed by atoms with van der Waals surface area (Å²) < 4.78 is 3.30. The number of rotatable bonds is 5. The molecule has 102 valence electrons. The van der Waals surface area contributed by atoms with Crippen LogP contribution in [0.25, 0.3) is 0 Å². The maximum absolute atomic E-state index is 4.54. The second-order valence-electron chi connectivity index (χ2n) is 5.20. The lowest BCUT2D eigenvalue weighted by atomic mass is 10.2. The van der Waals surface area contributed by atoms with Crippen LogP contribution in [0.5, 0.6) is 0 Å². The zero-order valence-corrected chi connectivity index (χ0v) is 13.2. The minimum atomic E-state index is 0.605. The minimum Gasteiger partial charge on any atom is -0.355 e. The number of hydrogen-bond acceptors (Lipinski definition) is 2. The van der Waals surface area contributed by atoms with E-state index in [1.54, 1.807) is 0 Å². The average Bonchev–Trinajstić information content (AvgIpc) is 2.70. The Morgan fingerprint density at radius 1 is 1.32 bits per heavy atom. The van der Waals surface area contributed by atoms with E-state index in [0.29, 0.717) is 5.92 Å². The largest absolute Gasteiger partial charge is 0.355 e. The zero-order chi connectivity index (χ0) is 13.8. The van der Waals surface area contributed by atoms with Crippen LogP contribution >= 0.6 is 15.9 Å². The smallest absolute Gasteiger partial charge is 0.203 e. The van der Waals surface area contributed by atoms with Crippen LogP contribution in [0.4, 0.5) is 5.95 Å². The predicted molar refractivity (Wildman–Crippen MR) is 83.5 cm³/mol. The maximum Gasteiger partial charge on any atom is 0.203 e. The number of aromatic nitrogens is 2. The van der Waals surface area contributed by atoms with Crippen LogP contribution in [0.2, 0.25) is 0 Å². The van der Waals surface area contributed by atoms with E-state index in [0.717, 1.165) is 29.2 Å². The van der Waals surface area contributed by atoms with Crippen molar-refractivity contribution in [3.05, 3.63) is 46.2 Å².